The molecule has 2 N–H and O–H groups in total. The van der Waals surface area contributed by atoms with Gasteiger partial charge in [0.25, 0.3) is 5.56 Å². The van der Waals surface area contributed by atoms with E-state index >= 15 is 0 Å². The summed E-state index contributed by atoms with van der Waals surface area (Å²) in [4.78, 5) is 42.2. The summed E-state index contributed by atoms with van der Waals surface area (Å²) < 4.78 is 1.82. The zero-order valence-electron chi connectivity index (χ0n) is 18.8. The standard InChI is InChI=1S/C23H22Cl2N4O4S/c1-12-5-6-14(9-13(12)2)27-20(19-21(31)28(3)23(33)29(4)22(19)32)34-11-18(30)26-15-7-8-16(24)17(25)10-15/h5-10,31H,11H2,1-4H3,(H,26,30). The lowest BCUT2D eigenvalue weighted by atomic mass is 10.1. The number of nitrogens with zero attached hydrogens (tertiary/aromatic N) is 3. The molecule has 3 rings (SSSR count). The topological polar surface area (TPSA) is 106 Å². The molecule has 178 valence electrons. The fourth-order valence-corrected chi connectivity index (χ4v) is 4.13. The quantitative estimate of drug-likeness (QED) is 0.388. The van der Waals surface area contributed by atoms with Crippen molar-refractivity contribution in [2.24, 2.45) is 19.1 Å². The van der Waals surface area contributed by atoms with Crippen molar-refractivity contribution >= 4 is 57.3 Å². The Morgan fingerprint density at radius 3 is 2.38 bits per heavy atom. The van der Waals surface area contributed by atoms with Crippen molar-refractivity contribution in [2.75, 3.05) is 11.1 Å². The van der Waals surface area contributed by atoms with Crippen LogP contribution in [0.3, 0.4) is 0 Å². The summed E-state index contributed by atoms with van der Waals surface area (Å²) >= 11 is 12.9. The summed E-state index contributed by atoms with van der Waals surface area (Å²) in [6, 6.07) is 10.2. The minimum Gasteiger partial charge on any atom is -0.494 e. The molecule has 0 aliphatic heterocycles. The number of aliphatic imine (C=N–C) groups is 1. The SMILES string of the molecule is Cc1ccc(N=C(SCC(=O)Nc2ccc(Cl)c(Cl)c2)c2c(O)n(C)c(=O)n(C)c2=O)cc1C. The largest absolute Gasteiger partial charge is 0.494 e. The molecule has 0 aliphatic carbocycles. The van der Waals surface area contributed by atoms with Crippen molar-refractivity contribution in [3.05, 3.63) is 84.0 Å². The Kier molecular flexibility index (Phi) is 7.91. The minimum atomic E-state index is -0.722. The van der Waals surface area contributed by atoms with Gasteiger partial charge in [-0.2, -0.15) is 0 Å². The normalized spacial score (nSPS) is 11.5. The molecule has 1 amide bonds. The molecule has 0 saturated heterocycles. The van der Waals surface area contributed by atoms with E-state index in [-0.39, 0.29) is 16.4 Å². The number of carbonyl (C=O) groups is 1. The average Bonchev–Trinajstić information content (AvgIpc) is 2.79. The maximum absolute atomic E-state index is 12.9. The molecule has 8 nitrogen and oxygen atoms in total. The van der Waals surface area contributed by atoms with Crippen molar-refractivity contribution in [2.45, 2.75) is 13.8 Å². The molecule has 0 spiro atoms. The number of nitrogens with one attached hydrogen (secondary N) is 1. The monoisotopic (exact) mass is 520 g/mol. The molecule has 2 aromatic carbocycles. The van der Waals surface area contributed by atoms with Crippen LogP contribution in [-0.4, -0.2) is 30.9 Å². The number of hydrogen-bond acceptors (Lipinski definition) is 6. The van der Waals surface area contributed by atoms with Crippen molar-refractivity contribution < 1.29 is 9.90 Å². The van der Waals surface area contributed by atoms with Gasteiger partial charge in [-0.1, -0.05) is 41.0 Å². The number of thioether (sulfide) groups is 1. The lowest BCUT2D eigenvalue weighted by Gasteiger charge is -2.13. The second kappa shape index (κ2) is 10.5. The van der Waals surface area contributed by atoms with Gasteiger partial charge in [0, 0.05) is 19.8 Å². The van der Waals surface area contributed by atoms with Crippen LogP contribution in [0.5, 0.6) is 5.88 Å². The van der Waals surface area contributed by atoms with Crippen molar-refractivity contribution in [3.8, 4) is 5.88 Å². The van der Waals surface area contributed by atoms with Crippen molar-refractivity contribution in [1.82, 2.24) is 9.13 Å². The number of anilines is 1. The molecule has 0 unspecified atom stereocenters. The van der Waals surface area contributed by atoms with E-state index in [9.17, 15) is 19.5 Å². The van der Waals surface area contributed by atoms with Crippen LogP contribution in [0.2, 0.25) is 10.0 Å². The van der Waals surface area contributed by atoms with E-state index in [4.69, 9.17) is 23.2 Å². The lowest BCUT2D eigenvalue weighted by molar-refractivity contribution is -0.113. The van der Waals surface area contributed by atoms with Crippen LogP contribution in [0.4, 0.5) is 11.4 Å². The van der Waals surface area contributed by atoms with E-state index in [1.807, 2.05) is 26.0 Å². The van der Waals surface area contributed by atoms with Crippen LogP contribution in [0, 0.1) is 13.8 Å². The second-order valence-corrected chi connectivity index (χ2v) is 9.33. The molecule has 1 heterocycles. The van der Waals surface area contributed by atoms with Crippen molar-refractivity contribution in [3.63, 3.8) is 0 Å². The van der Waals surface area contributed by atoms with Crippen molar-refractivity contribution in [1.29, 1.82) is 0 Å². The van der Waals surface area contributed by atoms with Gasteiger partial charge in [-0.3, -0.25) is 18.7 Å². The number of halogens is 2. The second-order valence-electron chi connectivity index (χ2n) is 7.56. The third kappa shape index (κ3) is 5.55. The first-order valence-electron chi connectivity index (χ1n) is 10.0. The third-order valence-electron chi connectivity index (χ3n) is 5.11. The van der Waals surface area contributed by atoms with Crippen LogP contribution in [0.1, 0.15) is 16.7 Å². The first-order valence-corrected chi connectivity index (χ1v) is 11.8. The van der Waals surface area contributed by atoms with Gasteiger partial charge in [-0.25, -0.2) is 9.79 Å². The van der Waals surface area contributed by atoms with Gasteiger partial charge in [0.2, 0.25) is 11.8 Å². The van der Waals surface area contributed by atoms with Gasteiger partial charge in [-0.05, 0) is 55.3 Å². The van der Waals surface area contributed by atoms with Gasteiger partial charge in [0.1, 0.15) is 10.6 Å². The molecule has 11 heteroatoms. The Balaban J connectivity index is 1.99. The summed E-state index contributed by atoms with van der Waals surface area (Å²) in [5.41, 5.74) is 1.46. The fourth-order valence-electron chi connectivity index (χ4n) is 3.00. The number of hydrogen-bond donors (Lipinski definition) is 2. The van der Waals surface area contributed by atoms with Crippen LogP contribution in [-0.2, 0) is 18.9 Å². The first-order chi connectivity index (χ1) is 16.0. The Bertz CT molecular complexity index is 1430. The van der Waals surface area contributed by atoms with Crippen LogP contribution >= 0.6 is 35.0 Å². The van der Waals surface area contributed by atoms with Gasteiger partial charge in [0.15, 0.2) is 0 Å². The molecule has 0 aliphatic rings. The Hall–Kier alpha value is -3.01. The zero-order valence-corrected chi connectivity index (χ0v) is 21.2. The predicted octanol–water partition coefficient (Wildman–Crippen LogP) is 4.16. The van der Waals surface area contributed by atoms with E-state index < -0.39 is 23.0 Å². The van der Waals surface area contributed by atoms with Gasteiger partial charge in [0.05, 0.1) is 21.5 Å². The predicted molar refractivity (Wildman–Crippen MR) is 138 cm³/mol. The Morgan fingerprint density at radius 1 is 1.03 bits per heavy atom. The molecule has 0 fully saturated rings. The highest BCUT2D eigenvalue weighted by Gasteiger charge is 2.22. The Morgan fingerprint density at radius 2 is 1.74 bits per heavy atom. The molecule has 0 radical (unpaired) electrons. The summed E-state index contributed by atoms with van der Waals surface area (Å²) in [6.45, 7) is 3.88. The third-order valence-corrected chi connectivity index (χ3v) is 6.83. The van der Waals surface area contributed by atoms with E-state index in [1.54, 1.807) is 18.2 Å². The summed E-state index contributed by atoms with van der Waals surface area (Å²) in [5.74, 6) is -1.06. The minimum absolute atomic E-state index is 0.0984. The van der Waals surface area contributed by atoms with E-state index in [0.29, 0.717) is 21.4 Å². The van der Waals surface area contributed by atoms with E-state index in [2.05, 4.69) is 10.3 Å². The number of benzene rings is 2. The van der Waals surface area contributed by atoms with Crippen LogP contribution < -0.4 is 16.6 Å². The summed E-state index contributed by atoms with van der Waals surface area (Å²) in [6.07, 6.45) is 0. The maximum atomic E-state index is 12.9. The molecule has 1 aromatic heterocycles. The first kappa shape index (κ1) is 25.6. The maximum Gasteiger partial charge on any atom is 0.333 e. The average molecular weight is 521 g/mol. The van der Waals surface area contributed by atoms with Gasteiger partial charge >= 0.3 is 5.69 Å². The molecular formula is C23H22Cl2N4O4S. The van der Waals surface area contributed by atoms with Crippen LogP contribution in [0.15, 0.2) is 51.0 Å². The lowest BCUT2D eigenvalue weighted by Crippen LogP contribution is -2.39. The molecule has 0 bridgehead atoms. The number of rotatable bonds is 5. The molecule has 3 aromatic rings. The van der Waals surface area contributed by atoms with Crippen LogP contribution in [0.25, 0.3) is 0 Å². The highest BCUT2D eigenvalue weighted by atomic mass is 35.5. The number of amides is 1. The fraction of sp³-hybridized carbons (Fsp3) is 0.217. The molecule has 34 heavy (non-hydrogen) atoms. The highest BCUT2D eigenvalue weighted by Crippen LogP contribution is 2.27. The highest BCUT2D eigenvalue weighted by molar-refractivity contribution is 8.15. The molecular weight excluding hydrogens is 499 g/mol. The number of aromatic nitrogens is 2. The number of aromatic hydroxyl groups is 1. The smallest absolute Gasteiger partial charge is 0.333 e. The number of aryl methyl sites for hydroxylation is 2. The molecule has 0 saturated carbocycles. The van der Waals surface area contributed by atoms with Gasteiger partial charge < -0.3 is 10.4 Å². The zero-order chi connectivity index (χ0) is 25.2. The van der Waals surface area contributed by atoms with E-state index in [1.165, 1.54) is 20.2 Å². The molecule has 0 atom stereocenters. The summed E-state index contributed by atoms with van der Waals surface area (Å²) in [7, 11) is 2.65. The van der Waals surface area contributed by atoms with Gasteiger partial charge in [-0.15, -0.1) is 0 Å². The summed E-state index contributed by atoms with van der Waals surface area (Å²) in [5, 5.41) is 14.1. The van der Waals surface area contributed by atoms with E-state index in [0.717, 1.165) is 32.0 Å². The Labute approximate surface area is 209 Å². The number of carbonyl (C=O) groups excluding carboxylic acids is 1.